The Kier molecular flexibility index (Phi) is 4.73. The molecule has 0 radical (unpaired) electrons. The van der Waals surface area contributed by atoms with Crippen LogP contribution < -0.4 is 14.2 Å². The van der Waals surface area contributed by atoms with Crippen LogP contribution >= 0.6 is 0 Å². The summed E-state index contributed by atoms with van der Waals surface area (Å²) in [5, 5.41) is 1.11. The molecule has 0 saturated heterocycles. The Bertz CT molecular complexity index is 1330. The van der Waals surface area contributed by atoms with Gasteiger partial charge in [-0.25, -0.2) is 14.4 Å². The molecule has 32 heavy (non-hydrogen) atoms. The summed E-state index contributed by atoms with van der Waals surface area (Å²) in [4.78, 5) is 19.7. The van der Waals surface area contributed by atoms with Gasteiger partial charge in [-0.2, -0.15) is 0 Å². The van der Waals surface area contributed by atoms with Crippen molar-refractivity contribution in [2.24, 2.45) is 11.3 Å². The van der Waals surface area contributed by atoms with Gasteiger partial charge in [0.2, 0.25) is 5.88 Å². The number of carbonyl (C=O) groups excluding carboxylic acids is 1. The summed E-state index contributed by atoms with van der Waals surface area (Å²) in [5.74, 6) is 2.01. The average molecular weight is 435 g/mol. The Morgan fingerprint density at radius 2 is 1.91 bits per heavy atom. The lowest BCUT2D eigenvalue weighted by Gasteiger charge is -2.14. The summed E-state index contributed by atoms with van der Waals surface area (Å²) >= 11 is 0. The molecular weight excluding hydrogens is 413 g/mol. The second-order valence-corrected chi connectivity index (χ2v) is 8.35. The van der Waals surface area contributed by atoms with Gasteiger partial charge in [0.15, 0.2) is 23.1 Å². The topological polar surface area (TPSA) is 86.3 Å². The van der Waals surface area contributed by atoms with E-state index in [0.717, 1.165) is 17.1 Å². The number of rotatable bonds is 6. The molecule has 2 aromatic carbocycles. The zero-order chi connectivity index (χ0) is 22.5. The maximum atomic E-state index is 15.0. The first-order chi connectivity index (χ1) is 15.6. The van der Waals surface area contributed by atoms with Crippen LogP contribution in [0.15, 0.2) is 36.7 Å². The van der Waals surface area contributed by atoms with Crippen LogP contribution in [0.5, 0.6) is 23.1 Å². The highest BCUT2D eigenvalue weighted by molar-refractivity contribution is 5.87. The van der Waals surface area contributed by atoms with Crippen molar-refractivity contribution in [1.82, 2.24) is 15.0 Å². The van der Waals surface area contributed by atoms with Crippen LogP contribution in [0.1, 0.15) is 18.5 Å². The first kappa shape index (κ1) is 20.2. The average Bonchev–Trinajstić information content (AvgIpc) is 3.63. The predicted molar refractivity (Wildman–Crippen MR) is 117 cm³/mol. The van der Waals surface area contributed by atoms with Gasteiger partial charge in [-0.15, -0.1) is 0 Å². The molecule has 7 nitrogen and oxygen atoms in total. The predicted octanol–water partition coefficient (Wildman–Crippen LogP) is 4.96. The molecule has 2 fully saturated rings. The third kappa shape index (κ3) is 3.32. The highest BCUT2D eigenvalue weighted by Gasteiger charge is 2.70. The molecule has 6 rings (SSSR count). The SMILES string of the molecule is C=O.COc1cc2c(Oc3ccc4[nH]c(C)cc4c3F)ncnc2cc1OCC12CC1C2. The van der Waals surface area contributed by atoms with E-state index in [-0.39, 0.29) is 11.6 Å². The van der Waals surface area contributed by atoms with Crippen molar-refractivity contribution in [2.75, 3.05) is 13.7 Å². The lowest BCUT2D eigenvalue weighted by atomic mass is 10.2. The number of nitrogens with zero attached hydrogens (tertiary/aromatic N) is 2. The summed E-state index contributed by atoms with van der Waals surface area (Å²) in [5.41, 5.74) is 2.66. The van der Waals surface area contributed by atoms with Crippen LogP contribution in [-0.4, -0.2) is 35.5 Å². The molecule has 0 bridgehead atoms. The number of methoxy groups -OCH3 is 1. The fourth-order valence-electron chi connectivity index (χ4n) is 4.13. The van der Waals surface area contributed by atoms with Crippen LogP contribution in [0.2, 0.25) is 0 Å². The molecule has 0 atom stereocenters. The molecule has 164 valence electrons. The lowest BCUT2D eigenvalue weighted by Crippen LogP contribution is -2.06. The molecule has 2 saturated carbocycles. The second kappa shape index (κ2) is 7.47. The zero-order valence-corrected chi connectivity index (χ0v) is 17.8. The number of H-pyrrole nitrogens is 1. The van der Waals surface area contributed by atoms with Crippen LogP contribution in [0.4, 0.5) is 4.39 Å². The number of aryl methyl sites for hydroxylation is 1. The summed E-state index contributed by atoms with van der Waals surface area (Å²) in [6.07, 6.45) is 3.93. The van der Waals surface area contributed by atoms with E-state index in [2.05, 4.69) is 15.0 Å². The fraction of sp³-hybridized carbons (Fsp3) is 0.292. The second-order valence-electron chi connectivity index (χ2n) is 8.35. The van der Waals surface area contributed by atoms with Crippen molar-refractivity contribution in [3.63, 3.8) is 0 Å². The highest BCUT2D eigenvalue weighted by atomic mass is 19.1. The molecule has 1 N–H and O–H groups in total. The first-order valence-electron chi connectivity index (χ1n) is 10.3. The van der Waals surface area contributed by atoms with Gasteiger partial charge in [-0.3, -0.25) is 0 Å². The quantitative estimate of drug-likeness (QED) is 0.461. The van der Waals surface area contributed by atoms with Crippen molar-refractivity contribution in [3.8, 4) is 23.1 Å². The van der Waals surface area contributed by atoms with Crippen LogP contribution in [0.25, 0.3) is 21.8 Å². The normalized spacial score (nSPS) is 20.3. The number of fused-ring (bicyclic) bond motifs is 3. The molecule has 2 aliphatic carbocycles. The van der Waals surface area contributed by atoms with Crippen molar-refractivity contribution < 1.29 is 23.4 Å². The first-order valence-corrected chi connectivity index (χ1v) is 10.3. The van der Waals surface area contributed by atoms with Gasteiger partial charge < -0.3 is 24.0 Å². The Hall–Kier alpha value is -3.68. The molecule has 2 aromatic heterocycles. The fourth-order valence-corrected chi connectivity index (χ4v) is 4.13. The molecule has 4 aromatic rings. The standard InChI is InChI=1S/C23H20FN3O3.CH2O/c1-12-5-14-16(27-12)3-4-18(21(14)24)30-22-15-6-19(28-2)20(7-17(15)25-11-26-22)29-10-23-8-13(23)9-23;1-2/h3-7,11,13,27H,8-10H2,1-2H3;1H2. The van der Waals surface area contributed by atoms with Gasteiger partial charge in [0.1, 0.15) is 13.1 Å². The minimum absolute atomic E-state index is 0.105. The minimum Gasteiger partial charge on any atom is -0.493 e. The third-order valence-electron chi connectivity index (χ3n) is 6.29. The number of benzene rings is 2. The number of aromatic amines is 1. The number of carbonyl (C=O) groups is 1. The Labute approximate surface area is 183 Å². The molecule has 2 aliphatic rings. The number of halogens is 1. The molecule has 8 heteroatoms. The number of aromatic nitrogens is 3. The summed E-state index contributed by atoms with van der Waals surface area (Å²) in [6, 6.07) is 8.75. The Balaban J connectivity index is 0.00000105. The molecule has 0 aliphatic heterocycles. The van der Waals surface area contributed by atoms with Crippen LogP contribution in [0.3, 0.4) is 0 Å². The van der Waals surface area contributed by atoms with E-state index in [1.807, 2.05) is 19.8 Å². The monoisotopic (exact) mass is 435 g/mol. The summed E-state index contributed by atoms with van der Waals surface area (Å²) < 4.78 is 32.4. The van der Waals surface area contributed by atoms with Gasteiger partial charge >= 0.3 is 0 Å². The van der Waals surface area contributed by atoms with Crippen molar-refractivity contribution in [1.29, 1.82) is 0 Å². The van der Waals surface area contributed by atoms with E-state index in [9.17, 15) is 4.39 Å². The van der Waals surface area contributed by atoms with E-state index < -0.39 is 5.82 Å². The van der Waals surface area contributed by atoms with Gasteiger partial charge in [0.05, 0.1) is 24.6 Å². The molecular formula is C24H22FN3O4. The third-order valence-corrected chi connectivity index (χ3v) is 6.29. The van der Waals surface area contributed by atoms with E-state index in [4.69, 9.17) is 19.0 Å². The zero-order valence-electron chi connectivity index (χ0n) is 17.8. The van der Waals surface area contributed by atoms with Crippen molar-refractivity contribution in [3.05, 3.63) is 48.2 Å². The number of hydrogen-bond donors (Lipinski definition) is 1. The molecule has 0 amide bonds. The smallest absolute Gasteiger partial charge is 0.230 e. The summed E-state index contributed by atoms with van der Waals surface area (Å²) in [7, 11) is 1.59. The van der Waals surface area contributed by atoms with Gasteiger partial charge in [-0.05, 0) is 49.9 Å². The molecule has 0 spiro atoms. The summed E-state index contributed by atoms with van der Waals surface area (Å²) in [6.45, 7) is 4.59. The lowest BCUT2D eigenvalue weighted by molar-refractivity contribution is -0.0979. The van der Waals surface area contributed by atoms with E-state index >= 15 is 0 Å². The van der Waals surface area contributed by atoms with Crippen LogP contribution in [0, 0.1) is 24.1 Å². The number of hydrogen-bond acceptors (Lipinski definition) is 6. The number of ether oxygens (including phenoxy) is 3. The maximum Gasteiger partial charge on any atom is 0.230 e. The maximum absolute atomic E-state index is 15.0. The van der Waals surface area contributed by atoms with E-state index in [0.29, 0.717) is 39.8 Å². The largest absolute Gasteiger partial charge is 0.493 e. The van der Waals surface area contributed by atoms with Crippen LogP contribution in [-0.2, 0) is 4.79 Å². The van der Waals surface area contributed by atoms with Gasteiger partial charge in [-0.1, -0.05) is 0 Å². The Morgan fingerprint density at radius 3 is 2.62 bits per heavy atom. The van der Waals surface area contributed by atoms with Gasteiger partial charge in [0.25, 0.3) is 0 Å². The molecule has 2 heterocycles. The van der Waals surface area contributed by atoms with Crippen molar-refractivity contribution in [2.45, 2.75) is 19.8 Å². The van der Waals surface area contributed by atoms with E-state index in [1.54, 1.807) is 31.4 Å². The highest BCUT2D eigenvalue weighted by Crippen LogP contribution is 2.75. The Morgan fingerprint density at radius 1 is 1.12 bits per heavy atom. The van der Waals surface area contributed by atoms with Gasteiger partial charge in [0, 0.05) is 28.1 Å². The minimum atomic E-state index is -0.432. The van der Waals surface area contributed by atoms with Crippen molar-refractivity contribution >= 4 is 28.6 Å². The molecule has 0 unspecified atom stereocenters. The number of nitrogens with one attached hydrogen (secondary N) is 1. The van der Waals surface area contributed by atoms with E-state index in [1.165, 1.54) is 19.2 Å².